The van der Waals surface area contributed by atoms with Gasteiger partial charge in [-0.2, -0.15) is 8.78 Å². The summed E-state index contributed by atoms with van der Waals surface area (Å²) < 4.78 is 63.5. The molecule has 134 valence electrons. The number of esters is 2. The van der Waals surface area contributed by atoms with Gasteiger partial charge in [-0.25, -0.2) is 22.7 Å². The molecule has 24 heavy (non-hydrogen) atoms. The third-order valence-corrected chi connectivity index (χ3v) is 4.39. The molecule has 0 aliphatic rings. The van der Waals surface area contributed by atoms with E-state index in [0.717, 1.165) is 19.2 Å². The number of carbonyl (C=O) groups excluding carboxylic acids is 2. The van der Waals surface area contributed by atoms with Crippen LogP contribution < -0.4 is 4.72 Å². The molecule has 0 saturated heterocycles. The van der Waals surface area contributed by atoms with Gasteiger partial charge in [0, 0.05) is 0 Å². The lowest BCUT2D eigenvalue weighted by atomic mass is 10.0. The first kappa shape index (κ1) is 20.0. The summed E-state index contributed by atoms with van der Waals surface area (Å²) in [4.78, 5) is 22.4. The molecule has 7 nitrogen and oxygen atoms in total. The van der Waals surface area contributed by atoms with Crippen LogP contribution in [0.25, 0.3) is 0 Å². The van der Waals surface area contributed by atoms with Crippen molar-refractivity contribution in [1.82, 2.24) is 4.72 Å². The second-order valence-electron chi connectivity index (χ2n) is 4.43. The summed E-state index contributed by atoms with van der Waals surface area (Å²) in [5, 5.41) is 0. The molecule has 0 unspecified atom stereocenters. The first-order valence-corrected chi connectivity index (χ1v) is 8.40. The maximum absolute atomic E-state index is 14.4. The summed E-state index contributed by atoms with van der Waals surface area (Å²) in [7, 11) is -3.28. The van der Waals surface area contributed by atoms with Crippen LogP contribution in [0.15, 0.2) is 23.1 Å². The Morgan fingerprint density at radius 1 is 1.17 bits per heavy atom. The van der Waals surface area contributed by atoms with Crippen LogP contribution in [-0.4, -0.2) is 40.6 Å². The van der Waals surface area contributed by atoms with E-state index in [1.807, 2.05) is 4.72 Å². The van der Waals surface area contributed by atoms with Crippen LogP contribution in [0.5, 0.6) is 0 Å². The molecule has 1 N–H and O–H groups in total. The zero-order chi connectivity index (χ0) is 18.5. The first-order chi connectivity index (χ1) is 11.1. The fourth-order valence-electron chi connectivity index (χ4n) is 1.79. The van der Waals surface area contributed by atoms with Crippen LogP contribution in [0.4, 0.5) is 8.78 Å². The van der Waals surface area contributed by atoms with Crippen LogP contribution in [0.1, 0.15) is 29.8 Å². The van der Waals surface area contributed by atoms with Gasteiger partial charge in [0.2, 0.25) is 10.0 Å². The number of rotatable bonds is 7. The van der Waals surface area contributed by atoms with E-state index in [4.69, 9.17) is 4.74 Å². The number of carbonyl (C=O) groups is 2. The summed E-state index contributed by atoms with van der Waals surface area (Å²) in [6, 6.07) is 2.44. The summed E-state index contributed by atoms with van der Waals surface area (Å²) in [6.07, 6.45) is 0. The van der Waals surface area contributed by atoms with Crippen molar-refractivity contribution in [1.29, 1.82) is 0 Å². The highest BCUT2D eigenvalue weighted by molar-refractivity contribution is 7.89. The Bertz CT molecular complexity index is 733. The predicted molar refractivity (Wildman–Crippen MR) is 79.2 cm³/mol. The van der Waals surface area contributed by atoms with E-state index in [-0.39, 0.29) is 18.8 Å². The zero-order valence-electron chi connectivity index (χ0n) is 13.3. The fraction of sp³-hybridized carbons (Fsp3) is 0.429. The Morgan fingerprint density at radius 2 is 1.75 bits per heavy atom. The van der Waals surface area contributed by atoms with Gasteiger partial charge in [-0.15, -0.1) is 0 Å². The van der Waals surface area contributed by atoms with Crippen molar-refractivity contribution in [3.63, 3.8) is 0 Å². The summed E-state index contributed by atoms with van der Waals surface area (Å²) in [5.41, 5.74) is -1.48. The zero-order valence-corrected chi connectivity index (χ0v) is 14.1. The molecular formula is C14H17F2NO6S. The van der Waals surface area contributed by atoms with Crippen molar-refractivity contribution in [2.75, 3.05) is 20.3 Å². The van der Waals surface area contributed by atoms with Crippen LogP contribution in [0.2, 0.25) is 0 Å². The molecule has 0 fully saturated rings. The van der Waals surface area contributed by atoms with E-state index >= 15 is 0 Å². The van der Waals surface area contributed by atoms with Gasteiger partial charge in [0.05, 0.1) is 29.2 Å². The molecule has 0 spiro atoms. The molecule has 1 rings (SSSR count). The highest BCUT2D eigenvalue weighted by Crippen LogP contribution is 2.35. The van der Waals surface area contributed by atoms with Gasteiger partial charge in [-0.1, -0.05) is 0 Å². The van der Waals surface area contributed by atoms with Crippen molar-refractivity contribution in [2.24, 2.45) is 0 Å². The van der Waals surface area contributed by atoms with Crippen molar-refractivity contribution in [2.45, 2.75) is 24.7 Å². The Hall–Kier alpha value is -2.07. The predicted octanol–water partition coefficient (Wildman–Crippen LogP) is 1.43. The summed E-state index contributed by atoms with van der Waals surface area (Å²) >= 11 is 0. The van der Waals surface area contributed by atoms with Gasteiger partial charge < -0.3 is 9.47 Å². The number of hydrogen-bond donors (Lipinski definition) is 1. The molecule has 1 aromatic carbocycles. The van der Waals surface area contributed by atoms with Crippen molar-refractivity contribution in [3.05, 3.63) is 29.3 Å². The number of alkyl halides is 2. The van der Waals surface area contributed by atoms with E-state index in [9.17, 15) is 26.8 Å². The minimum Gasteiger partial charge on any atom is -0.462 e. The minimum absolute atomic E-state index is 0.000991. The van der Waals surface area contributed by atoms with Gasteiger partial charge in [0.25, 0.3) is 0 Å². The van der Waals surface area contributed by atoms with Crippen LogP contribution in [-0.2, 0) is 30.2 Å². The molecule has 0 bridgehead atoms. The lowest BCUT2D eigenvalue weighted by Gasteiger charge is -2.19. The number of halogens is 2. The molecule has 0 heterocycles. The van der Waals surface area contributed by atoms with Gasteiger partial charge in [-0.3, -0.25) is 0 Å². The van der Waals surface area contributed by atoms with E-state index in [2.05, 4.69) is 4.74 Å². The molecule has 1 aromatic rings. The highest BCUT2D eigenvalue weighted by atomic mass is 32.2. The molecule has 0 amide bonds. The molecule has 10 heteroatoms. The van der Waals surface area contributed by atoms with E-state index in [1.165, 1.54) is 13.8 Å². The Morgan fingerprint density at radius 3 is 2.25 bits per heavy atom. The van der Waals surface area contributed by atoms with Crippen molar-refractivity contribution >= 4 is 22.0 Å². The monoisotopic (exact) mass is 365 g/mol. The van der Waals surface area contributed by atoms with Crippen molar-refractivity contribution in [3.8, 4) is 0 Å². The fourth-order valence-corrected chi connectivity index (χ4v) is 2.74. The molecule has 0 aliphatic carbocycles. The topological polar surface area (TPSA) is 98.8 Å². The van der Waals surface area contributed by atoms with Gasteiger partial charge >= 0.3 is 17.9 Å². The third kappa shape index (κ3) is 4.06. The third-order valence-electron chi connectivity index (χ3n) is 2.92. The maximum Gasteiger partial charge on any atom is 0.382 e. The van der Waals surface area contributed by atoms with E-state index < -0.39 is 38.3 Å². The smallest absolute Gasteiger partial charge is 0.382 e. The quantitative estimate of drug-likeness (QED) is 0.734. The first-order valence-electron chi connectivity index (χ1n) is 6.92. The number of hydrogen-bond acceptors (Lipinski definition) is 6. The second kappa shape index (κ2) is 7.67. The van der Waals surface area contributed by atoms with Crippen LogP contribution in [0.3, 0.4) is 0 Å². The van der Waals surface area contributed by atoms with Crippen molar-refractivity contribution < 1.29 is 36.3 Å². The standard InChI is InChI=1S/C14H17F2NO6S/c1-4-22-12(18)9-6-7-11(24(20,21)17-3)10(8-9)14(15,16)13(19)23-5-2/h6-8,17H,4-5H2,1-3H3. The summed E-state index contributed by atoms with van der Waals surface area (Å²) in [6.45, 7) is 2.53. The molecule has 0 radical (unpaired) electrons. The second-order valence-corrected chi connectivity index (χ2v) is 6.29. The molecule has 0 aromatic heterocycles. The number of benzene rings is 1. The largest absolute Gasteiger partial charge is 0.462 e. The lowest BCUT2D eigenvalue weighted by Crippen LogP contribution is -2.32. The Balaban J connectivity index is 3.59. The Kier molecular flexibility index (Phi) is 6.38. The normalized spacial score (nSPS) is 11.9. The van der Waals surface area contributed by atoms with Crippen LogP contribution >= 0.6 is 0 Å². The number of sulfonamides is 1. The molecule has 0 saturated carbocycles. The van der Waals surface area contributed by atoms with Gasteiger partial charge in [-0.05, 0) is 39.1 Å². The SMILES string of the molecule is CCOC(=O)c1ccc(S(=O)(=O)NC)c(C(F)(F)C(=O)OCC)c1. The molecule has 0 atom stereocenters. The average Bonchev–Trinajstić information content (AvgIpc) is 2.54. The lowest BCUT2D eigenvalue weighted by molar-refractivity contribution is -0.173. The molecule has 0 aliphatic heterocycles. The van der Waals surface area contributed by atoms with Gasteiger partial charge in [0.15, 0.2) is 0 Å². The highest BCUT2D eigenvalue weighted by Gasteiger charge is 2.46. The molecular weight excluding hydrogens is 348 g/mol. The van der Waals surface area contributed by atoms with Crippen LogP contribution in [0, 0.1) is 0 Å². The maximum atomic E-state index is 14.4. The van der Waals surface area contributed by atoms with E-state index in [0.29, 0.717) is 6.07 Å². The number of ether oxygens (including phenoxy) is 2. The van der Waals surface area contributed by atoms with E-state index in [1.54, 1.807) is 0 Å². The number of nitrogens with one attached hydrogen (secondary N) is 1. The van der Waals surface area contributed by atoms with Gasteiger partial charge in [0.1, 0.15) is 0 Å². The summed E-state index contributed by atoms with van der Waals surface area (Å²) in [5.74, 6) is -7.11. The Labute approximate surface area is 138 Å². The minimum atomic E-state index is -4.31. The average molecular weight is 365 g/mol.